The van der Waals surface area contributed by atoms with Gasteiger partial charge in [0, 0.05) is 9.89 Å². The van der Waals surface area contributed by atoms with Gasteiger partial charge in [-0.15, -0.1) is 6.58 Å². The van der Waals surface area contributed by atoms with Crippen LogP contribution in [-0.2, 0) is 25.3 Å². The fraction of sp³-hybridized carbons (Fsp3) is 0.333. The van der Waals surface area contributed by atoms with E-state index in [1.165, 1.54) is 16.4 Å². The molecule has 160 valence electrons. The van der Waals surface area contributed by atoms with Crippen LogP contribution in [0.25, 0.3) is 0 Å². The van der Waals surface area contributed by atoms with E-state index in [-0.39, 0.29) is 16.4 Å². The third kappa shape index (κ3) is 3.40. The average Bonchev–Trinajstić information content (AvgIpc) is 2.95. The monoisotopic (exact) mass is 513 g/mol. The summed E-state index contributed by atoms with van der Waals surface area (Å²) >= 11 is 3.47. The van der Waals surface area contributed by atoms with Crippen molar-refractivity contribution in [1.82, 2.24) is 0 Å². The fourth-order valence-corrected chi connectivity index (χ4v) is 8.34. The molecule has 1 atom stereocenters. The van der Waals surface area contributed by atoms with Gasteiger partial charge in [-0.05, 0) is 67.3 Å². The number of sulfonamides is 1. The standard InChI is InChI=1S/C21H21BrFNO4S2/c1-2-3-20-21(10-12-29(25,26)13-11-21)18-14-15(22)4-9-19(18)24(20)30(27,28)17-7-5-16(23)6-8-17/h2,4-9,14,20H,1,3,10-13H2. The molecule has 0 N–H and O–H groups in total. The maximum absolute atomic E-state index is 13.7. The molecule has 0 aromatic heterocycles. The van der Waals surface area contributed by atoms with Crippen LogP contribution in [0.2, 0.25) is 0 Å². The summed E-state index contributed by atoms with van der Waals surface area (Å²) in [5, 5.41) is 0. The summed E-state index contributed by atoms with van der Waals surface area (Å²) < 4.78 is 67.3. The lowest BCUT2D eigenvalue weighted by Crippen LogP contribution is -2.50. The van der Waals surface area contributed by atoms with E-state index in [1.807, 2.05) is 6.07 Å². The zero-order valence-electron chi connectivity index (χ0n) is 16.1. The molecule has 0 radical (unpaired) electrons. The fourth-order valence-electron chi connectivity index (χ4n) is 4.67. The highest BCUT2D eigenvalue weighted by Crippen LogP contribution is 2.54. The minimum atomic E-state index is -4.00. The van der Waals surface area contributed by atoms with Gasteiger partial charge in [0.25, 0.3) is 10.0 Å². The van der Waals surface area contributed by atoms with Crippen LogP contribution >= 0.6 is 15.9 Å². The molecule has 1 saturated heterocycles. The topological polar surface area (TPSA) is 71.5 Å². The quantitative estimate of drug-likeness (QED) is 0.574. The normalized spacial score (nSPS) is 22.1. The van der Waals surface area contributed by atoms with Gasteiger partial charge < -0.3 is 0 Å². The zero-order valence-corrected chi connectivity index (χ0v) is 19.3. The van der Waals surface area contributed by atoms with Crippen molar-refractivity contribution < 1.29 is 21.2 Å². The lowest BCUT2D eigenvalue weighted by Gasteiger charge is -2.41. The highest BCUT2D eigenvalue weighted by Gasteiger charge is 2.55. The highest BCUT2D eigenvalue weighted by atomic mass is 79.9. The van der Waals surface area contributed by atoms with Gasteiger partial charge in [0.1, 0.15) is 15.7 Å². The second-order valence-corrected chi connectivity index (χ2v) is 12.8. The molecule has 2 heterocycles. The predicted octanol–water partition coefficient (Wildman–Crippen LogP) is 4.19. The van der Waals surface area contributed by atoms with E-state index in [4.69, 9.17) is 0 Å². The first kappa shape index (κ1) is 21.5. The first-order valence-electron chi connectivity index (χ1n) is 9.52. The van der Waals surface area contributed by atoms with Gasteiger partial charge in [0.15, 0.2) is 0 Å². The van der Waals surface area contributed by atoms with Crippen molar-refractivity contribution in [3.63, 3.8) is 0 Å². The lowest BCUT2D eigenvalue weighted by molar-refractivity contribution is 0.333. The number of anilines is 1. The number of nitrogens with zero attached hydrogens (tertiary/aromatic N) is 1. The van der Waals surface area contributed by atoms with E-state index >= 15 is 0 Å². The smallest absolute Gasteiger partial charge is 0.262 e. The molecule has 0 aliphatic carbocycles. The lowest BCUT2D eigenvalue weighted by atomic mass is 9.71. The van der Waals surface area contributed by atoms with Crippen LogP contribution in [0.5, 0.6) is 0 Å². The number of hydrogen-bond donors (Lipinski definition) is 0. The molecule has 2 aliphatic heterocycles. The summed E-state index contributed by atoms with van der Waals surface area (Å²) in [7, 11) is -7.16. The van der Waals surface area contributed by atoms with Gasteiger partial charge in [0.05, 0.1) is 28.1 Å². The van der Waals surface area contributed by atoms with Crippen molar-refractivity contribution in [3.05, 3.63) is 71.0 Å². The molecule has 2 aliphatic rings. The highest BCUT2D eigenvalue weighted by molar-refractivity contribution is 9.10. The van der Waals surface area contributed by atoms with Crippen molar-refractivity contribution in [3.8, 4) is 0 Å². The third-order valence-corrected chi connectivity index (χ3v) is 10.1. The molecule has 30 heavy (non-hydrogen) atoms. The molecular formula is C21H21BrFNO4S2. The Labute approximate surface area is 184 Å². The average molecular weight is 514 g/mol. The van der Waals surface area contributed by atoms with Crippen molar-refractivity contribution in [2.24, 2.45) is 0 Å². The van der Waals surface area contributed by atoms with Crippen molar-refractivity contribution in [2.45, 2.75) is 35.6 Å². The SMILES string of the molecule is C=CCC1N(S(=O)(=O)c2ccc(F)cc2)c2ccc(Br)cc2C12CCS(=O)(=O)CC2. The van der Waals surface area contributed by atoms with Gasteiger partial charge >= 0.3 is 0 Å². The largest absolute Gasteiger partial charge is 0.264 e. The summed E-state index contributed by atoms with van der Waals surface area (Å²) in [5.41, 5.74) is 0.726. The molecule has 0 saturated carbocycles. The molecule has 9 heteroatoms. The Morgan fingerprint density at radius 2 is 1.80 bits per heavy atom. The van der Waals surface area contributed by atoms with Gasteiger partial charge in [0.2, 0.25) is 0 Å². The van der Waals surface area contributed by atoms with Crippen molar-refractivity contribution >= 4 is 41.5 Å². The van der Waals surface area contributed by atoms with Gasteiger partial charge in [-0.25, -0.2) is 21.2 Å². The Balaban J connectivity index is 1.93. The molecule has 4 rings (SSSR count). The number of sulfone groups is 1. The molecule has 0 amide bonds. The maximum atomic E-state index is 13.7. The summed E-state index contributed by atoms with van der Waals surface area (Å²) in [6.45, 7) is 3.81. The number of rotatable bonds is 4. The Morgan fingerprint density at radius 1 is 1.17 bits per heavy atom. The number of hydrogen-bond acceptors (Lipinski definition) is 4. The van der Waals surface area contributed by atoms with Gasteiger partial charge in [-0.2, -0.15) is 0 Å². The van der Waals surface area contributed by atoms with Crippen LogP contribution in [0, 0.1) is 5.82 Å². The van der Waals surface area contributed by atoms with Crippen LogP contribution in [0.4, 0.5) is 10.1 Å². The molecular weight excluding hydrogens is 493 g/mol. The van der Waals surface area contributed by atoms with E-state index in [1.54, 1.807) is 18.2 Å². The summed E-state index contributed by atoms with van der Waals surface area (Å²) in [6.07, 6.45) is 2.72. The maximum Gasteiger partial charge on any atom is 0.264 e. The Kier molecular flexibility index (Phi) is 5.35. The Hall–Kier alpha value is -1.71. The summed E-state index contributed by atoms with van der Waals surface area (Å²) in [5.74, 6) is -0.495. The minimum absolute atomic E-state index is 0.00712. The van der Waals surface area contributed by atoms with E-state index < -0.39 is 37.1 Å². The van der Waals surface area contributed by atoms with Crippen LogP contribution in [-0.4, -0.2) is 34.4 Å². The summed E-state index contributed by atoms with van der Waals surface area (Å²) in [4.78, 5) is -0.00712. The predicted molar refractivity (Wildman–Crippen MR) is 118 cm³/mol. The number of benzene rings is 2. The van der Waals surface area contributed by atoms with Gasteiger partial charge in [-0.1, -0.05) is 22.0 Å². The first-order chi connectivity index (χ1) is 14.1. The second-order valence-electron chi connectivity index (χ2n) is 7.76. The van der Waals surface area contributed by atoms with Gasteiger partial charge in [-0.3, -0.25) is 4.31 Å². The second kappa shape index (κ2) is 7.46. The van der Waals surface area contributed by atoms with E-state index in [0.29, 0.717) is 24.9 Å². The molecule has 1 fully saturated rings. The molecule has 0 bridgehead atoms. The summed E-state index contributed by atoms with van der Waals surface area (Å²) in [6, 6.07) is 9.65. The van der Waals surface area contributed by atoms with Crippen molar-refractivity contribution in [1.29, 1.82) is 0 Å². The van der Waals surface area contributed by atoms with Crippen LogP contribution < -0.4 is 4.31 Å². The first-order valence-corrected chi connectivity index (χ1v) is 13.6. The van der Waals surface area contributed by atoms with Crippen LogP contribution in [0.1, 0.15) is 24.8 Å². The van der Waals surface area contributed by atoms with Crippen LogP contribution in [0.15, 0.2) is 64.5 Å². The molecule has 2 aromatic rings. The molecule has 1 spiro atoms. The number of halogens is 2. The van der Waals surface area contributed by atoms with E-state index in [9.17, 15) is 21.2 Å². The van der Waals surface area contributed by atoms with E-state index in [0.717, 1.165) is 22.2 Å². The Bertz CT molecular complexity index is 1200. The number of fused-ring (bicyclic) bond motifs is 2. The molecule has 1 unspecified atom stereocenters. The van der Waals surface area contributed by atoms with Crippen molar-refractivity contribution in [2.75, 3.05) is 15.8 Å². The Morgan fingerprint density at radius 3 is 2.40 bits per heavy atom. The van der Waals surface area contributed by atoms with Crippen LogP contribution in [0.3, 0.4) is 0 Å². The molecule has 5 nitrogen and oxygen atoms in total. The minimum Gasteiger partial charge on any atom is -0.262 e. The zero-order chi connectivity index (χ0) is 21.7. The van der Waals surface area contributed by atoms with E-state index in [2.05, 4.69) is 22.5 Å². The third-order valence-electron chi connectivity index (χ3n) is 6.13. The molecule has 2 aromatic carbocycles.